The van der Waals surface area contributed by atoms with Crippen LogP contribution in [0.15, 0.2) is 24.5 Å². The molecular weight excluding hydrogens is 196 g/mol. The van der Waals surface area contributed by atoms with E-state index in [2.05, 4.69) is 10.3 Å². The first-order valence-electron chi connectivity index (χ1n) is 4.50. The summed E-state index contributed by atoms with van der Waals surface area (Å²) in [6.45, 7) is 1.42. The molecule has 0 radical (unpaired) electrons. The lowest BCUT2D eigenvalue weighted by Crippen LogP contribution is -2.39. The zero-order valence-corrected chi connectivity index (χ0v) is 8.30. The Balaban J connectivity index is 2.47. The van der Waals surface area contributed by atoms with Crippen molar-refractivity contribution in [2.24, 2.45) is 0 Å². The normalized spacial score (nSPS) is 11.8. The highest BCUT2D eigenvalue weighted by Crippen LogP contribution is 1.97. The molecule has 1 heterocycles. The number of nitrogens with zero attached hydrogens (tertiary/aromatic N) is 1. The maximum atomic E-state index is 11.3. The molecule has 0 saturated heterocycles. The van der Waals surface area contributed by atoms with Crippen LogP contribution in [0.4, 0.5) is 0 Å². The minimum Gasteiger partial charge on any atom is -0.480 e. The molecule has 5 heteroatoms. The highest BCUT2D eigenvalue weighted by atomic mass is 16.4. The van der Waals surface area contributed by atoms with Gasteiger partial charge in [0.25, 0.3) is 0 Å². The quantitative estimate of drug-likeness (QED) is 0.741. The predicted molar refractivity (Wildman–Crippen MR) is 53.2 cm³/mol. The van der Waals surface area contributed by atoms with Crippen LogP contribution in [0, 0.1) is 0 Å². The van der Waals surface area contributed by atoms with Crippen molar-refractivity contribution in [3.63, 3.8) is 0 Å². The third-order valence-electron chi connectivity index (χ3n) is 1.86. The Morgan fingerprint density at radius 1 is 1.47 bits per heavy atom. The van der Waals surface area contributed by atoms with E-state index in [9.17, 15) is 9.59 Å². The van der Waals surface area contributed by atoms with Crippen LogP contribution in [0.5, 0.6) is 0 Å². The van der Waals surface area contributed by atoms with Crippen LogP contribution in [-0.2, 0) is 16.0 Å². The molecule has 2 N–H and O–H groups in total. The second-order valence-corrected chi connectivity index (χ2v) is 3.16. The van der Waals surface area contributed by atoms with E-state index >= 15 is 0 Å². The molecule has 80 valence electrons. The number of rotatable bonds is 4. The van der Waals surface area contributed by atoms with Gasteiger partial charge in [0.1, 0.15) is 6.04 Å². The number of pyridine rings is 1. The van der Waals surface area contributed by atoms with Crippen LogP contribution in [0.2, 0.25) is 0 Å². The van der Waals surface area contributed by atoms with Gasteiger partial charge in [0.2, 0.25) is 5.91 Å². The van der Waals surface area contributed by atoms with E-state index in [1.165, 1.54) is 6.92 Å². The molecule has 0 aromatic carbocycles. The Hall–Kier alpha value is -1.91. The summed E-state index contributed by atoms with van der Waals surface area (Å²) >= 11 is 0. The van der Waals surface area contributed by atoms with E-state index in [4.69, 9.17) is 5.11 Å². The summed E-state index contributed by atoms with van der Waals surface area (Å²) < 4.78 is 0. The molecule has 5 nitrogen and oxygen atoms in total. The molecule has 1 rings (SSSR count). The first kappa shape index (κ1) is 11.2. The SMILES string of the molecule is C[C@@H](NC(=O)Cc1ccncc1)C(=O)O. The summed E-state index contributed by atoms with van der Waals surface area (Å²) in [4.78, 5) is 25.6. The molecule has 0 aliphatic heterocycles. The smallest absolute Gasteiger partial charge is 0.325 e. The average Bonchev–Trinajstić information content (AvgIpc) is 2.18. The first-order chi connectivity index (χ1) is 7.09. The number of carboxylic acid groups (broad SMARTS) is 1. The Morgan fingerprint density at radius 3 is 2.60 bits per heavy atom. The summed E-state index contributed by atoms with van der Waals surface area (Å²) in [6.07, 6.45) is 3.34. The lowest BCUT2D eigenvalue weighted by atomic mass is 10.2. The standard InChI is InChI=1S/C10H12N2O3/c1-7(10(14)15)12-9(13)6-8-2-4-11-5-3-8/h2-5,7H,6H2,1H3,(H,12,13)(H,14,15)/t7-/m1/s1. The molecule has 1 atom stereocenters. The van der Waals surface area contributed by atoms with Gasteiger partial charge >= 0.3 is 5.97 Å². The summed E-state index contributed by atoms with van der Waals surface area (Å²) in [5, 5.41) is 10.9. The van der Waals surface area contributed by atoms with Gasteiger partial charge in [0.05, 0.1) is 6.42 Å². The summed E-state index contributed by atoms with van der Waals surface area (Å²) in [6, 6.07) is 2.56. The summed E-state index contributed by atoms with van der Waals surface area (Å²) in [7, 11) is 0. The molecule has 0 saturated carbocycles. The highest BCUT2D eigenvalue weighted by Gasteiger charge is 2.13. The largest absolute Gasteiger partial charge is 0.480 e. The van der Waals surface area contributed by atoms with E-state index in [0.29, 0.717) is 0 Å². The molecule has 0 bridgehead atoms. The van der Waals surface area contributed by atoms with Gasteiger partial charge in [-0.3, -0.25) is 14.6 Å². The van der Waals surface area contributed by atoms with Crippen LogP contribution in [0.1, 0.15) is 12.5 Å². The summed E-state index contributed by atoms with van der Waals surface area (Å²) in [5.74, 6) is -1.35. The van der Waals surface area contributed by atoms with Crippen molar-refractivity contribution in [3.05, 3.63) is 30.1 Å². The fourth-order valence-corrected chi connectivity index (χ4v) is 1.04. The zero-order valence-electron chi connectivity index (χ0n) is 8.30. The number of hydrogen-bond acceptors (Lipinski definition) is 3. The number of carbonyl (C=O) groups excluding carboxylic acids is 1. The number of carboxylic acids is 1. The second-order valence-electron chi connectivity index (χ2n) is 3.16. The van der Waals surface area contributed by atoms with Crippen LogP contribution in [0.3, 0.4) is 0 Å². The van der Waals surface area contributed by atoms with Gasteiger partial charge in [0.15, 0.2) is 0 Å². The first-order valence-corrected chi connectivity index (χ1v) is 4.50. The van der Waals surface area contributed by atoms with Crippen LogP contribution in [-0.4, -0.2) is 28.0 Å². The third-order valence-corrected chi connectivity index (χ3v) is 1.86. The number of carbonyl (C=O) groups is 2. The Labute approximate surface area is 87.1 Å². The average molecular weight is 208 g/mol. The lowest BCUT2D eigenvalue weighted by Gasteiger charge is -2.08. The van der Waals surface area contributed by atoms with Gasteiger partial charge in [-0.1, -0.05) is 0 Å². The van der Waals surface area contributed by atoms with Crippen molar-refractivity contribution in [2.75, 3.05) is 0 Å². The van der Waals surface area contributed by atoms with Crippen LogP contribution < -0.4 is 5.32 Å². The molecular formula is C10H12N2O3. The fraction of sp³-hybridized carbons (Fsp3) is 0.300. The molecule has 0 unspecified atom stereocenters. The van der Waals surface area contributed by atoms with E-state index in [1.54, 1.807) is 24.5 Å². The van der Waals surface area contributed by atoms with Gasteiger partial charge in [-0.2, -0.15) is 0 Å². The van der Waals surface area contributed by atoms with Crippen molar-refractivity contribution >= 4 is 11.9 Å². The van der Waals surface area contributed by atoms with E-state index < -0.39 is 12.0 Å². The van der Waals surface area contributed by atoms with Crippen molar-refractivity contribution in [2.45, 2.75) is 19.4 Å². The van der Waals surface area contributed by atoms with E-state index in [1.807, 2.05) is 0 Å². The van der Waals surface area contributed by atoms with Crippen molar-refractivity contribution in [3.8, 4) is 0 Å². The molecule has 1 amide bonds. The zero-order chi connectivity index (χ0) is 11.3. The number of aliphatic carboxylic acids is 1. The van der Waals surface area contributed by atoms with Crippen molar-refractivity contribution in [1.29, 1.82) is 0 Å². The Morgan fingerprint density at radius 2 is 2.07 bits per heavy atom. The molecule has 0 fully saturated rings. The Bertz CT molecular complexity index is 351. The highest BCUT2D eigenvalue weighted by molar-refractivity contribution is 5.84. The maximum absolute atomic E-state index is 11.3. The monoisotopic (exact) mass is 208 g/mol. The predicted octanol–water partition coefficient (Wildman–Crippen LogP) is 0.213. The van der Waals surface area contributed by atoms with E-state index in [-0.39, 0.29) is 12.3 Å². The molecule has 0 spiro atoms. The minimum absolute atomic E-state index is 0.167. The molecule has 1 aromatic rings. The van der Waals surface area contributed by atoms with Crippen LogP contribution in [0.25, 0.3) is 0 Å². The molecule has 1 aromatic heterocycles. The van der Waals surface area contributed by atoms with Gasteiger partial charge < -0.3 is 10.4 Å². The van der Waals surface area contributed by atoms with Gasteiger partial charge in [-0.25, -0.2) is 0 Å². The second kappa shape index (κ2) is 5.09. The van der Waals surface area contributed by atoms with E-state index in [0.717, 1.165) is 5.56 Å². The molecule has 15 heavy (non-hydrogen) atoms. The number of nitrogens with one attached hydrogen (secondary N) is 1. The topological polar surface area (TPSA) is 79.3 Å². The molecule has 0 aliphatic carbocycles. The lowest BCUT2D eigenvalue weighted by molar-refractivity contribution is -0.141. The summed E-state index contributed by atoms with van der Waals surface area (Å²) in [5.41, 5.74) is 0.806. The van der Waals surface area contributed by atoms with Gasteiger partial charge in [0, 0.05) is 12.4 Å². The third kappa shape index (κ3) is 3.76. The van der Waals surface area contributed by atoms with Gasteiger partial charge in [-0.15, -0.1) is 0 Å². The Kier molecular flexibility index (Phi) is 3.79. The fourth-order valence-electron chi connectivity index (χ4n) is 1.04. The van der Waals surface area contributed by atoms with Gasteiger partial charge in [-0.05, 0) is 24.6 Å². The van der Waals surface area contributed by atoms with Crippen molar-refractivity contribution < 1.29 is 14.7 Å². The maximum Gasteiger partial charge on any atom is 0.325 e. The number of amides is 1. The number of hydrogen-bond donors (Lipinski definition) is 2. The van der Waals surface area contributed by atoms with Crippen molar-refractivity contribution in [1.82, 2.24) is 10.3 Å². The molecule has 0 aliphatic rings. The van der Waals surface area contributed by atoms with Crippen LogP contribution >= 0.6 is 0 Å². The number of aromatic nitrogens is 1. The minimum atomic E-state index is -1.04.